The zero-order valence-electron chi connectivity index (χ0n) is 13.9. The van der Waals surface area contributed by atoms with E-state index in [9.17, 15) is 13.2 Å². The fraction of sp³-hybridized carbons (Fsp3) is 0.294. The van der Waals surface area contributed by atoms with Crippen LogP contribution in [0.1, 0.15) is 42.7 Å². The molecule has 7 heteroatoms. The molecular weight excluding hydrogens is 326 g/mol. The summed E-state index contributed by atoms with van der Waals surface area (Å²) < 4.78 is 26.6. The SMILES string of the molecule is CC(C)NS(=O)(=O)c1ccc(C(=O)NC(C)c2ccncc2)cc1. The van der Waals surface area contributed by atoms with Crippen molar-refractivity contribution < 1.29 is 13.2 Å². The number of rotatable bonds is 6. The van der Waals surface area contributed by atoms with Crippen molar-refractivity contribution in [1.29, 1.82) is 0 Å². The van der Waals surface area contributed by atoms with Gasteiger partial charge in [0.25, 0.3) is 5.91 Å². The van der Waals surface area contributed by atoms with E-state index in [2.05, 4.69) is 15.0 Å². The van der Waals surface area contributed by atoms with E-state index in [0.29, 0.717) is 5.56 Å². The van der Waals surface area contributed by atoms with Gasteiger partial charge < -0.3 is 5.32 Å². The fourth-order valence-electron chi connectivity index (χ4n) is 2.18. The standard InChI is InChI=1S/C17H21N3O3S/c1-12(2)20-24(22,23)16-6-4-15(5-7-16)17(21)19-13(3)14-8-10-18-11-9-14/h4-13,20H,1-3H3,(H,19,21). The van der Waals surface area contributed by atoms with Gasteiger partial charge in [0, 0.05) is 24.0 Å². The molecule has 0 spiro atoms. The monoisotopic (exact) mass is 347 g/mol. The topological polar surface area (TPSA) is 88.2 Å². The number of nitrogens with one attached hydrogen (secondary N) is 2. The van der Waals surface area contributed by atoms with E-state index in [4.69, 9.17) is 0 Å². The molecular formula is C17H21N3O3S. The second kappa shape index (κ2) is 7.55. The summed E-state index contributed by atoms with van der Waals surface area (Å²) in [7, 11) is -3.56. The molecule has 0 bridgehead atoms. The summed E-state index contributed by atoms with van der Waals surface area (Å²) in [6.07, 6.45) is 3.33. The van der Waals surface area contributed by atoms with Crippen LogP contribution in [0.4, 0.5) is 0 Å². The molecule has 1 amide bonds. The molecule has 0 radical (unpaired) electrons. The maximum Gasteiger partial charge on any atom is 0.251 e. The lowest BCUT2D eigenvalue weighted by Gasteiger charge is -2.14. The second-order valence-corrected chi connectivity index (χ2v) is 7.49. The van der Waals surface area contributed by atoms with Gasteiger partial charge in [-0.1, -0.05) is 0 Å². The van der Waals surface area contributed by atoms with E-state index in [1.165, 1.54) is 24.3 Å². The first-order valence-electron chi connectivity index (χ1n) is 7.63. The Balaban J connectivity index is 2.09. The van der Waals surface area contributed by atoms with E-state index < -0.39 is 10.0 Å². The maximum absolute atomic E-state index is 12.3. The van der Waals surface area contributed by atoms with Crippen molar-refractivity contribution in [2.75, 3.05) is 0 Å². The van der Waals surface area contributed by atoms with Gasteiger partial charge in [-0.15, -0.1) is 0 Å². The summed E-state index contributed by atoms with van der Waals surface area (Å²) in [5.41, 5.74) is 1.35. The third kappa shape index (κ3) is 4.62. The molecule has 1 aromatic carbocycles. The number of sulfonamides is 1. The van der Waals surface area contributed by atoms with E-state index in [1.54, 1.807) is 26.2 Å². The zero-order valence-corrected chi connectivity index (χ0v) is 14.7. The van der Waals surface area contributed by atoms with Crippen molar-refractivity contribution in [1.82, 2.24) is 15.0 Å². The molecule has 128 valence electrons. The molecule has 6 nitrogen and oxygen atoms in total. The quantitative estimate of drug-likeness (QED) is 0.839. The first kappa shape index (κ1) is 18.1. The Morgan fingerprint density at radius 1 is 1.00 bits per heavy atom. The minimum Gasteiger partial charge on any atom is -0.346 e. The maximum atomic E-state index is 12.3. The Morgan fingerprint density at radius 2 is 1.58 bits per heavy atom. The molecule has 24 heavy (non-hydrogen) atoms. The van der Waals surface area contributed by atoms with Crippen LogP contribution in [0, 0.1) is 0 Å². The molecule has 2 rings (SSSR count). The lowest BCUT2D eigenvalue weighted by atomic mass is 10.1. The van der Waals surface area contributed by atoms with Gasteiger partial charge in [0.1, 0.15) is 0 Å². The predicted molar refractivity (Wildman–Crippen MR) is 92.0 cm³/mol. The minimum absolute atomic E-state index is 0.134. The van der Waals surface area contributed by atoms with Gasteiger partial charge in [0.15, 0.2) is 0 Å². The number of pyridine rings is 1. The van der Waals surface area contributed by atoms with Crippen LogP contribution in [-0.4, -0.2) is 25.4 Å². The smallest absolute Gasteiger partial charge is 0.251 e. The van der Waals surface area contributed by atoms with Crippen LogP contribution in [0.5, 0.6) is 0 Å². The van der Waals surface area contributed by atoms with E-state index >= 15 is 0 Å². The highest BCUT2D eigenvalue weighted by molar-refractivity contribution is 7.89. The Morgan fingerprint density at radius 3 is 2.12 bits per heavy atom. The molecule has 1 heterocycles. The van der Waals surface area contributed by atoms with Crippen molar-refractivity contribution in [2.24, 2.45) is 0 Å². The van der Waals surface area contributed by atoms with Gasteiger partial charge in [0.2, 0.25) is 10.0 Å². The Labute approximate surface area is 142 Å². The highest BCUT2D eigenvalue weighted by Crippen LogP contribution is 2.14. The lowest BCUT2D eigenvalue weighted by molar-refractivity contribution is 0.0939. The van der Waals surface area contributed by atoms with E-state index in [-0.39, 0.29) is 22.9 Å². The molecule has 1 atom stereocenters. The average molecular weight is 347 g/mol. The minimum atomic E-state index is -3.56. The van der Waals surface area contributed by atoms with Crippen molar-refractivity contribution >= 4 is 15.9 Å². The van der Waals surface area contributed by atoms with Gasteiger partial charge in [0.05, 0.1) is 10.9 Å². The molecule has 0 aliphatic rings. The van der Waals surface area contributed by atoms with Crippen LogP contribution in [0.25, 0.3) is 0 Å². The summed E-state index contributed by atoms with van der Waals surface area (Å²) in [4.78, 5) is 16.4. The van der Waals surface area contributed by atoms with Crippen LogP contribution in [0.2, 0.25) is 0 Å². The first-order valence-corrected chi connectivity index (χ1v) is 9.11. The van der Waals surface area contributed by atoms with Gasteiger partial charge in [-0.25, -0.2) is 13.1 Å². The molecule has 2 N–H and O–H groups in total. The molecule has 2 aromatic rings. The average Bonchev–Trinajstić information content (AvgIpc) is 2.54. The molecule has 0 saturated heterocycles. The normalized spacial score (nSPS) is 12.8. The van der Waals surface area contributed by atoms with Crippen LogP contribution in [-0.2, 0) is 10.0 Å². The molecule has 0 aliphatic heterocycles. The van der Waals surface area contributed by atoms with Gasteiger partial charge in [-0.3, -0.25) is 9.78 Å². The van der Waals surface area contributed by atoms with Crippen molar-refractivity contribution in [3.8, 4) is 0 Å². The molecule has 1 unspecified atom stereocenters. The third-order valence-electron chi connectivity index (χ3n) is 3.37. The van der Waals surface area contributed by atoms with E-state index in [1.807, 2.05) is 19.1 Å². The Kier molecular flexibility index (Phi) is 5.69. The molecule has 0 fully saturated rings. The Bertz CT molecular complexity index is 788. The second-order valence-electron chi connectivity index (χ2n) is 5.78. The van der Waals surface area contributed by atoms with Gasteiger partial charge in [-0.05, 0) is 62.7 Å². The van der Waals surface area contributed by atoms with E-state index in [0.717, 1.165) is 5.56 Å². The number of aromatic nitrogens is 1. The predicted octanol–water partition coefficient (Wildman–Crippen LogP) is 2.26. The highest BCUT2D eigenvalue weighted by atomic mass is 32.2. The third-order valence-corrected chi connectivity index (χ3v) is 5.05. The molecule has 0 saturated carbocycles. The number of amides is 1. The summed E-state index contributed by atoms with van der Waals surface area (Å²) in [6.45, 7) is 5.37. The van der Waals surface area contributed by atoms with Crippen LogP contribution >= 0.6 is 0 Å². The first-order chi connectivity index (χ1) is 11.3. The summed E-state index contributed by atoms with van der Waals surface area (Å²) in [6, 6.07) is 9.15. The number of carbonyl (C=O) groups is 1. The van der Waals surface area contributed by atoms with Crippen molar-refractivity contribution in [2.45, 2.75) is 37.8 Å². The highest BCUT2D eigenvalue weighted by Gasteiger charge is 2.16. The Hall–Kier alpha value is -2.25. The summed E-state index contributed by atoms with van der Waals surface area (Å²) >= 11 is 0. The summed E-state index contributed by atoms with van der Waals surface area (Å²) in [5, 5.41) is 2.87. The number of benzene rings is 1. The van der Waals surface area contributed by atoms with Crippen molar-refractivity contribution in [3.63, 3.8) is 0 Å². The van der Waals surface area contributed by atoms with Crippen molar-refractivity contribution in [3.05, 3.63) is 59.9 Å². The number of hydrogen-bond donors (Lipinski definition) is 2. The number of hydrogen-bond acceptors (Lipinski definition) is 4. The number of carbonyl (C=O) groups excluding carboxylic acids is 1. The van der Waals surface area contributed by atoms with Gasteiger partial charge >= 0.3 is 0 Å². The number of nitrogens with zero attached hydrogens (tertiary/aromatic N) is 1. The van der Waals surface area contributed by atoms with Crippen LogP contribution in [0.15, 0.2) is 53.7 Å². The molecule has 0 aliphatic carbocycles. The zero-order chi connectivity index (χ0) is 17.7. The summed E-state index contributed by atoms with van der Waals surface area (Å²) in [5.74, 6) is -0.264. The van der Waals surface area contributed by atoms with Gasteiger partial charge in [-0.2, -0.15) is 0 Å². The van der Waals surface area contributed by atoms with Crippen LogP contribution < -0.4 is 10.0 Å². The van der Waals surface area contributed by atoms with Crippen LogP contribution in [0.3, 0.4) is 0 Å². The largest absolute Gasteiger partial charge is 0.346 e. The lowest BCUT2D eigenvalue weighted by Crippen LogP contribution is -2.30. The fourth-order valence-corrected chi connectivity index (χ4v) is 3.43. The molecule has 1 aromatic heterocycles.